The Morgan fingerprint density at radius 1 is 1.10 bits per heavy atom. The van der Waals surface area contributed by atoms with Crippen molar-refractivity contribution in [3.8, 4) is 17.1 Å². The molecule has 0 spiro atoms. The molecule has 0 radical (unpaired) electrons. The molecule has 0 aliphatic carbocycles. The maximum Gasteiger partial charge on any atom is 0.316 e. The number of hydrogen-bond acceptors (Lipinski definition) is 6. The van der Waals surface area contributed by atoms with Crippen LogP contribution in [0.4, 0.5) is 0 Å². The Morgan fingerprint density at radius 2 is 1.88 bits per heavy atom. The highest BCUT2D eigenvalue weighted by atomic mass is 127. The minimum Gasteiger partial charge on any atom is -0.460 e. The van der Waals surface area contributed by atoms with Gasteiger partial charge in [0.2, 0.25) is 0 Å². The van der Waals surface area contributed by atoms with Gasteiger partial charge < -0.3 is 14.0 Å². The number of rotatable bonds is 7. The summed E-state index contributed by atoms with van der Waals surface area (Å²) in [6, 6.07) is 15.8. The Balaban J connectivity index is 1.30. The summed E-state index contributed by atoms with van der Waals surface area (Å²) in [5.41, 5.74) is 5.84. The monoisotopic (exact) mass is 662 g/mol. The van der Waals surface area contributed by atoms with Crippen molar-refractivity contribution in [1.29, 1.82) is 0 Å². The van der Waals surface area contributed by atoms with E-state index in [4.69, 9.17) is 14.5 Å². The van der Waals surface area contributed by atoms with E-state index in [0.29, 0.717) is 37.1 Å². The van der Waals surface area contributed by atoms with Crippen LogP contribution < -0.4 is 10.3 Å². The Labute approximate surface area is 252 Å². The van der Waals surface area contributed by atoms with Crippen LogP contribution in [0.3, 0.4) is 0 Å². The summed E-state index contributed by atoms with van der Waals surface area (Å²) in [7, 11) is 0. The molecule has 0 saturated heterocycles. The fourth-order valence-corrected chi connectivity index (χ4v) is 6.40. The molecule has 210 valence electrons. The molecule has 0 bridgehead atoms. The van der Waals surface area contributed by atoms with Crippen LogP contribution in [0.25, 0.3) is 22.3 Å². The van der Waals surface area contributed by atoms with Crippen LogP contribution >= 0.6 is 22.6 Å². The summed E-state index contributed by atoms with van der Waals surface area (Å²) in [4.78, 5) is 43.9. The Morgan fingerprint density at radius 3 is 2.61 bits per heavy atom. The van der Waals surface area contributed by atoms with Gasteiger partial charge in [0, 0.05) is 20.9 Å². The number of aromatic nitrogens is 2. The summed E-state index contributed by atoms with van der Waals surface area (Å²) in [5.74, 6) is -0.0687. The van der Waals surface area contributed by atoms with Crippen molar-refractivity contribution in [2.24, 2.45) is 0 Å². The number of hydrogen-bond donors (Lipinski definition) is 0. The first-order valence-electron chi connectivity index (χ1n) is 14.1. The number of esters is 2. The van der Waals surface area contributed by atoms with Crippen LogP contribution in [-0.2, 0) is 45.7 Å². The third-order valence-electron chi connectivity index (χ3n) is 8.58. The zero-order chi connectivity index (χ0) is 28.9. The van der Waals surface area contributed by atoms with E-state index in [1.165, 1.54) is 9.13 Å². The van der Waals surface area contributed by atoms with E-state index < -0.39 is 5.41 Å². The molecular weight excluding hydrogens is 631 g/mol. The second-order valence-electron chi connectivity index (χ2n) is 11.0. The highest BCUT2D eigenvalue weighted by Crippen LogP contribution is 2.41. The lowest BCUT2D eigenvalue weighted by atomic mass is 9.76. The van der Waals surface area contributed by atoms with E-state index in [2.05, 4.69) is 53.8 Å². The Kier molecular flexibility index (Phi) is 7.21. The molecular formula is C33H31IN2O5. The predicted octanol–water partition coefficient (Wildman–Crippen LogP) is 6.25. The first-order chi connectivity index (χ1) is 19.7. The van der Waals surface area contributed by atoms with E-state index in [0.717, 1.165) is 51.8 Å². The smallest absolute Gasteiger partial charge is 0.316 e. The third kappa shape index (κ3) is 4.75. The van der Waals surface area contributed by atoms with Crippen molar-refractivity contribution in [2.75, 3.05) is 0 Å². The number of halogens is 1. The van der Waals surface area contributed by atoms with Crippen molar-refractivity contribution in [2.45, 2.75) is 71.4 Å². The molecule has 4 aromatic rings. The molecule has 0 saturated carbocycles. The minimum absolute atomic E-state index is 0.00526. The Hall–Kier alpha value is -3.53. The molecule has 2 aliphatic heterocycles. The van der Waals surface area contributed by atoms with Crippen LogP contribution in [0.1, 0.15) is 67.9 Å². The molecule has 7 nitrogen and oxygen atoms in total. The van der Waals surface area contributed by atoms with Crippen molar-refractivity contribution in [1.82, 2.24) is 9.55 Å². The van der Waals surface area contributed by atoms with Gasteiger partial charge in [-0.2, -0.15) is 0 Å². The number of cyclic esters (lactones) is 1. The largest absolute Gasteiger partial charge is 0.460 e. The quantitative estimate of drug-likeness (QED) is 0.117. The molecule has 0 amide bonds. The number of nitrogens with zero attached hydrogens (tertiary/aromatic N) is 2. The van der Waals surface area contributed by atoms with E-state index >= 15 is 0 Å². The van der Waals surface area contributed by atoms with Crippen LogP contribution in [0.5, 0.6) is 5.75 Å². The van der Waals surface area contributed by atoms with Crippen LogP contribution in [0.15, 0.2) is 53.3 Å². The zero-order valence-corrected chi connectivity index (χ0v) is 25.5. The van der Waals surface area contributed by atoms with Gasteiger partial charge in [-0.1, -0.05) is 26.0 Å². The van der Waals surface area contributed by atoms with Crippen molar-refractivity contribution in [3.05, 3.63) is 90.3 Å². The van der Waals surface area contributed by atoms with Gasteiger partial charge in [0.15, 0.2) is 0 Å². The molecule has 2 aromatic heterocycles. The number of carbonyl (C=O) groups is 2. The molecule has 2 aliphatic rings. The molecule has 0 unspecified atom stereocenters. The van der Waals surface area contributed by atoms with Gasteiger partial charge in [-0.25, -0.2) is 4.98 Å². The lowest BCUT2D eigenvalue weighted by molar-refractivity contribution is -0.153. The second kappa shape index (κ2) is 10.7. The van der Waals surface area contributed by atoms with Gasteiger partial charge in [-0.15, -0.1) is 0 Å². The molecule has 4 heterocycles. The van der Waals surface area contributed by atoms with Crippen molar-refractivity contribution in [3.63, 3.8) is 0 Å². The normalized spacial score (nSPS) is 17.1. The summed E-state index contributed by atoms with van der Waals surface area (Å²) >= 11 is 2.28. The molecule has 8 heteroatoms. The molecule has 0 N–H and O–H groups in total. The fourth-order valence-electron chi connectivity index (χ4n) is 6.04. The van der Waals surface area contributed by atoms with Gasteiger partial charge in [-0.3, -0.25) is 14.4 Å². The highest BCUT2D eigenvalue weighted by Gasteiger charge is 2.43. The third-order valence-corrected chi connectivity index (χ3v) is 9.30. The lowest BCUT2D eigenvalue weighted by Gasteiger charge is -2.33. The van der Waals surface area contributed by atoms with Gasteiger partial charge >= 0.3 is 11.9 Å². The number of aryl methyl sites for hydroxylation is 2. The van der Waals surface area contributed by atoms with Gasteiger partial charge in [0.25, 0.3) is 5.56 Å². The second-order valence-corrected chi connectivity index (χ2v) is 12.2. The minimum atomic E-state index is -0.867. The first kappa shape index (κ1) is 27.6. The molecule has 0 fully saturated rings. The highest BCUT2D eigenvalue weighted by molar-refractivity contribution is 14.1. The maximum absolute atomic E-state index is 13.6. The van der Waals surface area contributed by atoms with Crippen LogP contribution in [-0.4, -0.2) is 21.5 Å². The summed E-state index contributed by atoms with van der Waals surface area (Å²) in [6.07, 6.45) is 3.13. The first-order valence-corrected chi connectivity index (χ1v) is 15.2. The van der Waals surface area contributed by atoms with E-state index in [9.17, 15) is 14.4 Å². The SMILES string of the molecule is CCc1c2c(nc3ccc(OC(=O)CCCc4ccc(I)cc4)cc13)-c1cc3c(c(=O)n1C2)COC(=O)[C@]3(C)CC. The summed E-state index contributed by atoms with van der Waals surface area (Å²) < 4.78 is 14.1. The number of pyridine rings is 2. The van der Waals surface area contributed by atoms with Crippen molar-refractivity contribution >= 4 is 45.4 Å². The van der Waals surface area contributed by atoms with Crippen LogP contribution in [0.2, 0.25) is 0 Å². The summed E-state index contributed by atoms with van der Waals surface area (Å²) in [5, 5.41) is 0.915. The fraction of sp³-hybridized carbons (Fsp3) is 0.333. The molecule has 1 atom stereocenters. The molecule has 6 rings (SSSR count). The van der Waals surface area contributed by atoms with Gasteiger partial charge in [0.05, 0.1) is 34.4 Å². The average Bonchev–Trinajstić information content (AvgIpc) is 3.33. The summed E-state index contributed by atoms with van der Waals surface area (Å²) in [6.45, 7) is 6.26. The van der Waals surface area contributed by atoms with Crippen LogP contribution in [0, 0.1) is 3.57 Å². The molecule has 41 heavy (non-hydrogen) atoms. The number of benzene rings is 2. The number of ether oxygens (including phenoxy) is 2. The molecule has 2 aromatic carbocycles. The van der Waals surface area contributed by atoms with Gasteiger partial charge in [0.1, 0.15) is 12.4 Å². The Bertz CT molecular complexity index is 1780. The van der Waals surface area contributed by atoms with Crippen molar-refractivity contribution < 1.29 is 19.1 Å². The predicted molar refractivity (Wildman–Crippen MR) is 165 cm³/mol. The van der Waals surface area contributed by atoms with E-state index in [1.807, 2.05) is 32.0 Å². The number of fused-ring (bicyclic) bond motifs is 5. The maximum atomic E-state index is 13.6. The number of carbonyl (C=O) groups excluding carboxylic acids is 2. The zero-order valence-electron chi connectivity index (χ0n) is 23.4. The average molecular weight is 663 g/mol. The van der Waals surface area contributed by atoms with E-state index in [-0.39, 0.29) is 24.1 Å². The standard InChI is InChI=1S/C33H31IN2O5/c1-4-22-23-15-21(41-29(37)8-6-7-19-9-11-20(34)12-10-19)13-14-27(23)35-30-24(22)17-36-28(30)16-26-25(31(36)38)18-40-32(39)33(26,3)5-2/h9-16H,4-8,17-18H2,1-3H3/t33-/m1/s1. The van der Waals surface area contributed by atoms with E-state index in [1.54, 1.807) is 10.6 Å². The topological polar surface area (TPSA) is 87.5 Å². The lowest BCUT2D eigenvalue weighted by Crippen LogP contribution is -2.42. The van der Waals surface area contributed by atoms with Gasteiger partial charge in [-0.05, 0) is 108 Å².